The molecule has 0 fully saturated rings. The Kier molecular flexibility index (Phi) is 2.61. The molecule has 1 N–H and O–H groups in total. The molecule has 1 heterocycles. The predicted octanol–water partition coefficient (Wildman–Crippen LogP) is 1.99. The van der Waals surface area contributed by atoms with Crippen molar-refractivity contribution in [2.45, 2.75) is 19.0 Å². The van der Waals surface area contributed by atoms with Crippen LogP contribution in [0.3, 0.4) is 0 Å². The standard InChI is InChI=1S/C8H7F3N2/c1-2-3-4-6-5-7(13-12-6)8(9,10)11/h1,5H,3-4H2,(H,12,13). The molecule has 5 heteroatoms. The van der Waals surface area contributed by atoms with E-state index in [0.29, 0.717) is 18.5 Å². The molecular weight excluding hydrogens is 181 g/mol. The largest absolute Gasteiger partial charge is 0.435 e. The molecule has 0 saturated carbocycles. The predicted molar refractivity (Wildman–Crippen MR) is 40.7 cm³/mol. The summed E-state index contributed by atoms with van der Waals surface area (Å²) >= 11 is 0. The average molecular weight is 188 g/mol. The Bertz CT molecular complexity index is 319. The van der Waals surface area contributed by atoms with Crippen molar-refractivity contribution in [1.82, 2.24) is 10.2 Å². The molecule has 1 rings (SSSR count). The van der Waals surface area contributed by atoms with Gasteiger partial charge in [0, 0.05) is 18.5 Å². The van der Waals surface area contributed by atoms with Crippen LogP contribution in [-0.2, 0) is 12.6 Å². The summed E-state index contributed by atoms with van der Waals surface area (Å²) < 4.78 is 36.0. The summed E-state index contributed by atoms with van der Waals surface area (Å²) in [4.78, 5) is 0. The highest BCUT2D eigenvalue weighted by Crippen LogP contribution is 2.27. The van der Waals surface area contributed by atoms with E-state index < -0.39 is 11.9 Å². The Labute approximate surface area is 73.1 Å². The first-order chi connectivity index (χ1) is 6.04. The van der Waals surface area contributed by atoms with E-state index in [1.807, 2.05) is 0 Å². The zero-order chi connectivity index (χ0) is 9.90. The van der Waals surface area contributed by atoms with E-state index in [4.69, 9.17) is 6.42 Å². The second kappa shape index (κ2) is 3.52. The fourth-order valence-corrected chi connectivity index (χ4v) is 0.842. The topological polar surface area (TPSA) is 28.7 Å². The third kappa shape index (κ3) is 2.51. The SMILES string of the molecule is C#CCCc1cc(C(F)(F)F)n[nH]1. The van der Waals surface area contributed by atoms with Gasteiger partial charge in [-0.05, 0) is 6.07 Å². The molecule has 0 radical (unpaired) electrons. The molecule has 0 aromatic carbocycles. The molecule has 0 bridgehead atoms. The van der Waals surface area contributed by atoms with Gasteiger partial charge in [0.25, 0.3) is 0 Å². The number of aryl methyl sites for hydroxylation is 1. The Balaban J connectivity index is 2.71. The van der Waals surface area contributed by atoms with E-state index in [0.717, 1.165) is 6.07 Å². The second-order valence-corrected chi connectivity index (χ2v) is 2.48. The van der Waals surface area contributed by atoms with Crippen molar-refractivity contribution >= 4 is 0 Å². The fourth-order valence-electron chi connectivity index (χ4n) is 0.842. The van der Waals surface area contributed by atoms with Gasteiger partial charge < -0.3 is 0 Å². The lowest BCUT2D eigenvalue weighted by atomic mass is 10.2. The molecular formula is C8H7F3N2. The number of nitrogens with zero attached hydrogens (tertiary/aromatic N) is 1. The van der Waals surface area contributed by atoms with Gasteiger partial charge in [0.2, 0.25) is 0 Å². The summed E-state index contributed by atoms with van der Waals surface area (Å²) in [6.45, 7) is 0. The number of alkyl halides is 3. The van der Waals surface area contributed by atoms with Crippen LogP contribution >= 0.6 is 0 Å². The number of rotatable bonds is 2. The molecule has 0 spiro atoms. The van der Waals surface area contributed by atoms with Gasteiger partial charge >= 0.3 is 6.18 Å². The van der Waals surface area contributed by atoms with Crippen LogP contribution in [0.5, 0.6) is 0 Å². The maximum atomic E-state index is 12.0. The van der Waals surface area contributed by atoms with Crippen LogP contribution in [0.15, 0.2) is 6.07 Å². The van der Waals surface area contributed by atoms with E-state index in [2.05, 4.69) is 16.1 Å². The summed E-state index contributed by atoms with van der Waals surface area (Å²) in [7, 11) is 0. The molecule has 0 aliphatic carbocycles. The maximum absolute atomic E-state index is 12.0. The molecule has 1 aromatic heterocycles. The Morgan fingerprint density at radius 3 is 2.69 bits per heavy atom. The normalized spacial score (nSPS) is 11.2. The van der Waals surface area contributed by atoms with Crippen molar-refractivity contribution in [3.05, 3.63) is 17.5 Å². The van der Waals surface area contributed by atoms with Gasteiger partial charge in [0.05, 0.1) is 0 Å². The molecule has 0 atom stereocenters. The zero-order valence-corrected chi connectivity index (χ0v) is 6.65. The number of nitrogens with one attached hydrogen (secondary N) is 1. The maximum Gasteiger partial charge on any atom is 0.435 e. The lowest BCUT2D eigenvalue weighted by Crippen LogP contribution is -2.04. The summed E-state index contributed by atoms with van der Waals surface area (Å²) in [5.74, 6) is 2.34. The summed E-state index contributed by atoms with van der Waals surface area (Å²) in [6, 6.07) is 0.970. The minimum Gasteiger partial charge on any atom is -0.282 e. The van der Waals surface area contributed by atoms with Crippen molar-refractivity contribution in [3.8, 4) is 12.3 Å². The van der Waals surface area contributed by atoms with Crippen LogP contribution < -0.4 is 0 Å². The molecule has 0 saturated heterocycles. The Morgan fingerprint density at radius 2 is 2.23 bits per heavy atom. The molecule has 70 valence electrons. The van der Waals surface area contributed by atoms with Crippen molar-refractivity contribution in [1.29, 1.82) is 0 Å². The highest BCUT2D eigenvalue weighted by molar-refractivity contribution is 5.12. The van der Waals surface area contributed by atoms with Crippen molar-refractivity contribution in [2.24, 2.45) is 0 Å². The van der Waals surface area contributed by atoms with Gasteiger partial charge in [-0.2, -0.15) is 18.3 Å². The lowest BCUT2D eigenvalue weighted by molar-refractivity contribution is -0.141. The Morgan fingerprint density at radius 1 is 1.54 bits per heavy atom. The minimum absolute atomic E-state index is 0.388. The number of aromatic nitrogens is 2. The van der Waals surface area contributed by atoms with Gasteiger partial charge in [-0.1, -0.05) is 0 Å². The lowest BCUT2D eigenvalue weighted by Gasteiger charge is -1.98. The molecule has 0 aliphatic heterocycles. The van der Waals surface area contributed by atoms with Gasteiger partial charge in [-0.15, -0.1) is 12.3 Å². The number of terminal acetylenes is 1. The third-order valence-corrected chi connectivity index (χ3v) is 1.46. The molecule has 0 amide bonds. The van der Waals surface area contributed by atoms with Crippen LogP contribution in [0.1, 0.15) is 17.8 Å². The van der Waals surface area contributed by atoms with Crippen molar-refractivity contribution in [2.75, 3.05) is 0 Å². The van der Waals surface area contributed by atoms with Gasteiger partial charge in [-0.25, -0.2) is 0 Å². The number of halogens is 3. The van der Waals surface area contributed by atoms with Gasteiger partial charge in [0.1, 0.15) is 0 Å². The first-order valence-electron chi connectivity index (χ1n) is 3.59. The monoisotopic (exact) mass is 188 g/mol. The highest BCUT2D eigenvalue weighted by atomic mass is 19.4. The van der Waals surface area contributed by atoms with Gasteiger partial charge in [-0.3, -0.25) is 5.10 Å². The molecule has 0 unspecified atom stereocenters. The second-order valence-electron chi connectivity index (χ2n) is 2.48. The quantitative estimate of drug-likeness (QED) is 0.706. The number of hydrogen-bond donors (Lipinski definition) is 1. The summed E-state index contributed by atoms with van der Waals surface area (Å²) in [5, 5.41) is 5.40. The van der Waals surface area contributed by atoms with E-state index in [9.17, 15) is 13.2 Å². The third-order valence-electron chi connectivity index (χ3n) is 1.46. The zero-order valence-electron chi connectivity index (χ0n) is 6.65. The average Bonchev–Trinajstić information content (AvgIpc) is 2.47. The van der Waals surface area contributed by atoms with E-state index >= 15 is 0 Å². The summed E-state index contributed by atoms with van der Waals surface area (Å²) in [5.41, 5.74) is -0.496. The van der Waals surface area contributed by atoms with Crippen LogP contribution in [0.2, 0.25) is 0 Å². The molecule has 2 nitrogen and oxygen atoms in total. The number of aromatic amines is 1. The van der Waals surface area contributed by atoms with Crippen LogP contribution in [0.4, 0.5) is 13.2 Å². The number of hydrogen-bond acceptors (Lipinski definition) is 1. The number of H-pyrrole nitrogens is 1. The van der Waals surface area contributed by atoms with Crippen molar-refractivity contribution in [3.63, 3.8) is 0 Å². The smallest absolute Gasteiger partial charge is 0.282 e. The highest BCUT2D eigenvalue weighted by Gasteiger charge is 2.33. The molecule has 1 aromatic rings. The Hall–Kier alpha value is -1.44. The summed E-state index contributed by atoms with van der Waals surface area (Å²) in [6.07, 6.45) is 1.37. The van der Waals surface area contributed by atoms with Crippen LogP contribution in [0, 0.1) is 12.3 Å². The minimum atomic E-state index is -4.38. The van der Waals surface area contributed by atoms with Crippen molar-refractivity contribution < 1.29 is 13.2 Å². The first-order valence-corrected chi connectivity index (χ1v) is 3.59. The van der Waals surface area contributed by atoms with E-state index in [-0.39, 0.29) is 0 Å². The van der Waals surface area contributed by atoms with Crippen LogP contribution in [-0.4, -0.2) is 10.2 Å². The molecule has 13 heavy (non-hydrogen) atoms. The van der Waals surface area contributed by atoms with E-state index in [1.165, 1.54) is 0 Å². The fraction of sp³-hybridized carbons (Fsp3) is 0.375. The van der Waals surface area contributed by atoms with E-state index in [1.54, 1.807) is 0 Å². The first kappa shape index (κ1) is 9.65. The van der Waals surface area contributed by atoms with Crippen LogP contribution in [0.25, 0.3) is 0 Å². The molecule has 0 aliphatic rings. The van der Waals surface area contributed by atoms with Gasteiger partial charge in [0.15, 0.2) is 5.69 Å².